The molecule has 0 atom stereocenters. The molecule has 1 aromatic heterocycles. The first-order valence-corrected chi connectivity index (χ1v) is 6.62. The molecule has 1 saturated carbocycles. The standard InChI is InChI=1S/C13H24N4/c1-13(2,3)10-6-4-9(5-7-10)12-15-11(8-14)16-17-12/h9-10H,4-8,14H2,1-3H3,(H,15,16,17). The molecule has 0 radical (unpaired) electrons. The third-order valence-electron chi connectivity index (χ3n) is 4.06. The summed E-state index contributed by atoms with van der Waals surface area (Å²) in [5.74, 6) is 3.15. The van der Waals surface area contributed by atoms with Crippen LogP contribution in [-0.2, 0) is 6.54 Å². The van der Waals surface area contributed by atoms with Gasteiger partial charge in [-0.25, -0.2) is 4.98 Å². The molecule has 0 aromatic carbocycles. The summed E-state index contributed by atoms with van der Waals surface area (Å²) < 4.78 is 0. The molecule has 0 unspecified atom stereocenters. The molecule has 0 spiro atoms. The summed E-state index contributed by atoms with van der Waals surface area (Å²) in [7, 11) is 0. The lowest BCUT2D eigenvalue weighted by Crippen LogP contribution is -2.25. The number of nitrogens with two attached hydrogens (primary N) is 1. The van der Waals surface area contributed by atoms with Crippen molar-refractivity contribution in [3.05, 3.63) is 11.6 Å². The molecule has 4 nitrogen and oxygen atoms in total. The average molecular weight is 236 g/mol. The largest absolute Gasteiger partial charge is 0.324 e. The second-order valence-electron chi connectivity index (χ2n) is 6.26. The van der Waals surface area contributed by atoms with Crippen molar-refractivity contribution in [1.29, 1.82) is 0 Å². The second-order valence-corrected chi connectivity index (χ2v) is 6.26. The van der Waals surface area contributed by atoms with Crippen LogP contribution in [0.2, 0.25) is 0 Å². The highest BCUT2D eigenvalue weighted by Gasteiger charge is 2.31. The Morgan fingerprint density at radius 2 is 1.88 bits per heavy atom. The number of hydrogen-bond acceptors (Lipinski definition) is 3. The normalized spacial score (nSPS) is 26.1. The first kappa shape index (κ1) is 12.6. The van der Waals surface area contributed by atoms with E-state index >= 15 is 0 Å². The van der Waals surface area contributed by atoms with E-state index in [9.17, 15) is 0 Å². The highest BCUT2D eigenvalue weighted by molar-refractivity contribution is 5.00. The number of aromatic amines is 1. The number of nitrogens with zero attached hydrogens (tertiary/aromatic N) is 2. The van der Waals surface area contributed by atoms with E-state index in [-0.39, 0.29) is 0 Å². The van der Waals surface area contributed by atoms with Crippen LogP contribution >= 0.6 is 0 Å². The van der Waals surface area contributed by atoms with Crippen LogP contribution in [0.3, 0.4) is 0 Å². The van der Waals surface area contributed by atoms with Gasteiger partial charge in [0.05, 0.1) is 6.54 Å². The Morgan fingerprint density at radius 3 is 2.35 bits per heavy atom. The number of nitrogens with one attached hydrogen (secondary N) is 1. The van der Waals surface area contributed by atoms with Crippen molar-refractivity contribution in [2.24, 2.45) is 17.1 Å². The van der Waals surface area contributed by atoms with E-state index in [1.54, 1.807) is 0 Å². The number of aromatic nitrogens is 3. The highest BCUT2D eigenvalue weighted by atomic mass is 15.2. The molecule has 0 aliphatic heterocycles. The van der Waals surface area contributed by atoms with E-state index in [2.05, 4.69) is 36.0 Å². The van der Waals surface area contributed by atoms with E-state index < -0.39 is 0 Å². The molecule has 1 aromatic rings. The van der Waals surface area contributed by atoms with Crippen molar-refractivity contribution < 1.29 is 0 Å². The Bertz CT molecular complexity index is 356. The highest BCUT2D eigenvalue weighted by Crippen LogP contribution is 2.42. The van der Waals surface area contributed by atoms with Crippen LogP contribution in [0.5, 0.6) is 0 Å². The van der Waals surface area contributed by atoms with Crippen LogP contribution in [0.25, 0.3) is 0 Å². The Morgan fingerprint density at radius 1 is 1.24 bits per heavy atom. The molecule has 1 fully saturated rings. The predicted octanol–water partition coefficient (Wildman–Crippen LogP) is 2.58. The molecule has 1 aliphatic rings. The molecule has 1 heterocycles. The molecular formula is C13H24N4. The molecule has 17 heavy (non-hydrogen) atoms. The third kappa shape index (κ3) is 2.86. The fourth-order valence-corrected chi connectivity index (χ4v) is 2.80. The number of rotatable bonds is 2. The molecule has 0 amide bonds. The quantitative estimate of drug-likeness (QED) is 0.829. The van der Waals surface area contributed by atoms with Gasteiger partial charge in [0.15, 0.2) is 5.82 Å². The van der Waals surface area contributed by atoms with Gasteiger partial charge in [0.25, 0.3) is 0 Å². The van der Waals surface area contributed by atoms with Gasteiger partial charge < -0.3 is 5.73 Å². The van der Waals surface area contributed by atoms with E-state index in [0.717, 1.165) is 17.6 Å². The summed E-state index contributed by atoms with van der Waals surface area (Å²) in [5.41, 5.74) is 5.97. The van der Waals surface area contributed by atoms with Gasteiger partial charge in [-0.2, -0.15) is 5.10 Å². The van der Waals surface area contributed by atoms with Crippen molar-refractivity contribution in [1.82, 2.24) is 15.2 Å². The lowest BCUT2D eigenvalue weighted by atomic mass is 9.70. The van der Waals surface area contributed by atoms with Gasteiger partial charge in [-0.1, -0.05) is 20.8 Å². The molecule has 1 aliphatic carbocycles. The minimum atomic E-state index is 0.437. The fraction of sp³-hybridized carbons (Fsp3) is 0.846. The Balaban J connectivity index is 1.95. The molecule has 2 rings (SSSR count). The average Bonchev–Trinajstić information content (AvgIpc) is 2.76. The minimum Gasteiger partial charge on any atom is -0.324 e. The molecule has 96 valence electrons. The van der Waals surface area contributed by atoms with E-state index in [4.69, 9.17) is 5.73 Å². The predicted molar refractivity (Wildman–Crippen MR) is 68.4 cm³/mol. The molecule has 3 N–H and O–H groups in total. The van der Waals surface area contributed by atoms with E-state index in [0.29, 0.717) is 17.9 Å². The van der Waals surface area contributed by atoms with Gasteiger partial charge in [-0.05, 0) is 37.0 Å². The zero-order valence-electron chi connectivity index (χ0n) is 11.2. The summed E-state index contributed by atoms with van der Waals surface area (Å²) in [6, 6.07) is 0. The summed E-state index contributed by atoms with van der Waals surface area (Å²) >= 11 is 0. The van der Waals surface area contributed by atoms with Crippen molar-refractivity contribution in [3.63, 3.8) is 0 Å². The summed E-state index contributed by atoms with van der Waals surface area (Å²) in [6.07, 6.45) is 5.01. The van der Waals surface area contributed by atoms with Crippen molar-refractivity contribution in [2.75, 3.05) is 0 Å². The lowest BCUT2D eigenvalue weighted by Gasteiger charge is -2.36. The third-order valence-corrected chi connectivity index (χ3v) is 4.06. The zero-order valence-corrected chi connectivity index (χ0v) is 11.2. The summed E-state index contributed by atoms with van der Waals surface area (Å²) in [5, 5.41) is 7.19. The SMILES string of the molecule is CC(C)(C)C1CCC(c2n[nH]c(CN)n2)CC1. The smallest absolute Gasteiger partial charge is 0.153 e. The van der Waals surface area contributed by atoms with Gasteiger partial charge in [-0.3, -0.25) is 5.10 Å². The van der Waals surface area contributed by atoms with Gasteiger partial charge >= 0.3 is 0 Å². The van der Waals surface area contributed by atoms with Crippen LogP contribution < -0.4 is 5.73 Å². The molecular weight excluding hydrogens is 212 g/mol. The van der Waals surface area contributed by atoms with Crippen LogP contribution in [-0.4, -0.2) is 15.2 Å². The molecule has 4 heteroatoms. The minimum absolute atomic E-state index is 0.437. The van der Waals surface area contributed by atoms with Crippen molar-refractivity contribution >= 4 is 0 Å². The van der Waals surface area contributed by atoms with Crippen LogP contribution in [0.4, 0.5) is 0 Å². The van der Waals surface area contributed by atoms with E-state index in [1.807, 2.05) is 0 Å². The zero-order chi connectivity index (χ0) is 12.5. The summed E-state index contributed by atoms with van der Waals surface area (Å²) in [6.45, 7) is 7.48. The van der Waals surface area contributed by atoms with Crippen molar-refractivity contribution in [2.45, 2.75) is 58.9 Å². The molecule has 0 saturated heterocycles. The lowest BCUT2D eigenvalue weighted by molar-refractivity contribution is 0.167. The van der Waals surface area contributed by atoms with E-state index in [1.165, 1.54) is 25.7 Å². The Labute approximate surface area is 103 Å². The fourth-order valence-electron chi connectivity index (χ4n) is 2.80. The van der Waals surface area contributed by atoms with Crippen LogP contribution in [0, 0.1) is 11.3 Å². The topological polar surface area (TPSA) is 67.6 Å². The van der Waals surface area contributed by atoms with Crippen molar-refractivity contribution in [3.8, 4) is 0 Å². The van der Waals surface area contributed by atoms with Gasteiger partial charge in [0.1, 0.15) is 5.82 Å². The van der Waals surface area contributed by atoms with Crippen LogP contribution in [0.1, 0.15) is 64.0 Å². The molecule has 0 bridgehead atoms. The summed E-state index contributed by atoms with van der Waals surface area (Å²) in [4.78, 5) is 4.45. The Kier molecular flexibility index (Phi) is 3.52. The Hall–Kier alpha value is -0.900. The number of H-pyrrole nitrogens is 1. The second kappa shape index (κ2) is 4.77. The van der Waals surface area contributed by atoms with Gasteiger partial charge in [0.2, 0.25) is 0 Å². The first-order valence-electron chi connectivity index (χ1n) is 6.62. The maximum absolute atomic E-state index is 5.54. The maximum atomic E-state index is 5.54. The monoisotopic (exact) mass is 236 g/mol. The number of hydrogen-bond donors (Lipinski definition) is 2. The maximum Gasteiger partial charge on any atom is 0.153 e. The van der Waals surface area contributed by atoms with Crippen LogP contribution in [0.15, 0.2) is 0 Å². The van der Waals surface area contributed by atoms with Gasteiger partial charge in [0, 0.05) is 5.92 Å². The van der Waals surface area contributed by atoms with Gasteiger partial charge in [-0.15, -0.1) is 0 Å². The first-order chi connectivity index (χ1) is 8.00.